The molecule has 0 spiro atoms. The fourth-order valence-electron chi connectivity index (χ4n) is 2.99. The molecule has 3 aromatic carbocycles. The van der Waals surface area contributed by atoms with Crippen LogP contribution in [0.4, 0.5) is 10.1 Å². The molecule has 0 unspecified atom stereocenters. The Morgan fingerprint density at radius 2 is 1.46 bits per heavy atom. The second kappa shape index (κ2) is 5.70. The number of aromatic hydroxyl groups is 1. The highest BCUT2D eigenvalue weighted by molar-refractivity contribution is 6.31. The first-order valence-corrected chi connectivity index (χ1v) is 7.74. The van der Waals surface area contributed by atoms with E-state index in [0.717, 1.165) is 0 Å². The summed E-state index contributed by atoms with van der Waals surface area (Å²) in [7, 11) is 0. The van der Waals surface area contributed by atoms with Gasteiger partial charge in [-0.1, -0.05) is 24.3 Å². The van der Waals surface area contributed by atoms with Crippen LogP contribution >= 0.6 is 0 Å². The Hall–Kier alpha value is -3.67. The van der Waals surface area contributed by atoms with Crippen LogP contribution in [0.25, 0.3) is 0 Å². The molecule has 0 amide bonds. The lowest BCUT2D eigenvalue weighted by molar-refractivity contribution is 0.0977. The van der Waals surface area contributed by atoms with E-state index >= 15 is 0 Å². The Kier molecular flexibility index (Phi) is 3.47. The predicted molar refractivity (Wildman–Crippen MR) is 92.3 cm³/mol. The molecule has 1 aliphatic rings. The third-order valence-electron chi connectivity index (χ3n) is 4.22. The van der Waals surface area contributed by atoms with Crippen LogP contribution in [0.3, 0.4) is 0 Å². The highest BCUT2D eigenvalue weighted by atomic mass is 19.1. The minimum absolute atomic E-state index is 0.00777. The molecule has 6 heteroatoms. The van der Waals surface area contributed by atoms with Gasteiger partial charge in [-0.15, -0.1) is 0 Å². The molecule has 4 rings (SSSR count). The van der Waals surface area contributed by atoms with Gasteiger partial charge in [0.15, 0.2) is 17.3 Å². The predicted octanol–water partition coefficient (Wildman–Crippen LogP) is 3.68. The third kappa shape index (κ3) is 2.31. The number of phenolic OH excluding ortho intramolecular Hbond substituents is 1. The van der Waals surface area contributed by atoms with Gasteiger partial charge >= 0.3 is 0 Å². The van der Waals surface area contributed by atoms with E-state index < -0.39 is 23.1 Å². The fourth-order valence-corrected chi connectivity index (χ4v) is 2.99. The molecule has 128 valence electrons. The Labute approximate surface area is 147 Å². The monoisotopic (exact) mass is 349 g/mol. The number of rotatable bonds is 2. The number of ketones is 2. The molecule has 3 N–H and O–H groups in total. The summed E-state index contributed by atoms with van der Waals surface area (Å²) in [5, 5.41) is 10.3. The number of hydrogen-bond acceptors (Lipinski definition) is 5. The fraction of sp³-hybridized carbons (Fsp3) is 0. The highest BCUT2D eigenvalue weighted by Gasteiger charge is 2.35. The summed E-state index contributed by atoms with van der Waals surface area (Å²) in [6.07, 6.45) is 0. The molecule has 0 saturated heterocycles. The number of carbonyl (C=O) groups is 2. The number of benzene rings is 3. The molecule has 26 heavy (non-hydrogen) atoms. The highest BCUT2D eigenvalue weighted by Crippen LogP contribution is 2.42. The summed E-state index contributed by atoms with van der Waals surface area (Å²) in [6, 6.07) is 12.7. The Balaban J connectivity index is 1.87. The quantitative estimate of drug-likeness (QED) is 0.426. The molecule has 0 heterocycles. The number of halogens is 1. The largest absolute Gasteiger partial charge is 0.507 e. The number of anilines is 1. The molecule has 3 aromatic rings. The summed E-state index contributed by atoms with van der Waals surface area (Å²) < 4.78 is 18.6. The van der Waals surface area contributed by atoms with Crippen molar-refractivity contribution in [2.45, 2.75) is 0 Å². The van der Waals surface area contributed by atoms with E-state index in [1.807, 2.05) is 0 Å². The second-order valence-electron chi connectivity index (χ2n) is 5.82. The minimum Gasteiger partial charge on any atom is -0.507 e. The van der Waals surface area contributed by atoms with E-state index in [4.69, 9.17) is 10.5 Å². The maximum atomic E-state index is 13.0. The average Bonchev–Trinajstić information content (AvgIpc) is 2.64. The lowest BCUT2D eigenvalue weighted by Crippen LogP contribution is -2.22. The van der Waals surface area contributed by atoms with Crippen molar-refractivity contribution in [3.8, 4) is 17.2 Å². The van der Waals surface area contributed by atoms with E-state index in [-0.39, 0.29) is 39.4 Å². The van der Waals surface area contributed by atoms with Crippen molar-refractivity contribution in [2.24, 2.45) is 0 Å². The van der Waals surface area contributed by atoms with Crippen molar-refractivity contribution >= 4 is 17.3 Å². The lowest BCUT2D eigenvalue weighted by Gasteiger charge is -2.21. The first-order valence-electron chi connectivity index (χ1n) is 7.74. The number of hydrogen-bond donors (Lipinski definition) is 2. The van der Waals surface area contributed by atoms with Crippen LogP contribution in [-0.4, -0.2) is 16.7 Å². The summed E-state index contributed by atoms with van der Waals surface area (Å²) in [5.41, 5.74) is 6.22. The maximum Gasteiger partial charge on any atom is 0.198 e. The van der Waals surface area contributed by atoms with Gasteiger partial charge in [0.2, 0.25) is 0 Å². The molecule has 0 saturated carbocycles. The molecule has 0 fully saturated rings. The van der Waals surface area contributed by atoms with Crippen LogP contribution < -0.4 is 10.5 Å². The zero-order chi connectivity index (χ0) is 18.4. The topological polar surface area (TPSA) is 89.6 Å². The second-order valence-corrected chi connectivity index (χ2v) is 5.82. The Morgan fingerprint density at radius 3 is 2.08 bits per heavy atom. The van der Waals surface area contributed by atoms with Crippen LogP contribution in [0.1, 0.15) is 31.8 Å². The van der Waals surface area contributed by atoms with Crippen molar-refractivity contribution in [3.05, 3.63) is 82.7 Å². The van der Waals surface area contributed by atoms with Crippen molar-refractivity contribution in [3.63, 3.8) is 0 Å². The van der Waals surface area contributed by atoms with Crippen LogP contribution in [0.15, 0.2) is 54.6 Å². The van der Waals surface area contributed by atoms with Crippen molar-refractivity contribution in [1.29, 1.82) is 0 Å². The number of ether oxygens (including phenoxy) is 1. The summed E-state index contributed by atoms with van der Waals surface area (Å²) >= 11 is 0. The number of nitrogen functional groups attached to an aromatic ring is 1. The number of phenols is 1. The molecule has 1 aliphatic carbocycles. The van der Waals surface area contributed by atoms with E-state index in [9.17, 15) is 19.1 Å². The SMILES string of the molecule is Nc1c(Oc2ccc(F)cc2)cc(O)c2c1C(=O)c1ccccc1C2=O. The van der Waals surface area contributed by atoms with Crippen LogP contribution in [0.5, 0.6) is 17.2 Å². The van der Waals surface area contributed by atoms with Gasteiger partial charge in [-0.2, -0.15) is 0 Å². The van der Waals surface area contributed by atoms with E-state index in [0.29, 0.717) is 0 Å². The standard InChI is InChI=1S/C20H12FNO4/c21-10-5-7-11(8-6-10)26-15-9-14(23)16-17(18(15)22)20(25)13-4-2-1-3-12(13)19(16)24/h1-9,23H,22H2. The van der Waals surface area contributed by atoms with Gasteiger partial charge in [-0.25, -0.2) is 4.39 Å². The normalized spacial score (nSPS) is 12.5. The maximum absolute atomic E-state index is 13.0. The number of nitrogens with two attached hydrogens (primary N) is 1. The summed E-state index contributed by atoms with van der Waals surface area (Å²) in [4.78, 5) is 25.5. The van der Waals surface area contributed by atoms with Crippen LogP contribution in [0, 0.1) is 5.82 Å². The molecular formula is C20H12FNO4. The van der Waals surface area contributed by atoms with Gasteiger partial charge in [0.1, 0.15) is 17.3 Å². The molecule has 0 aliphatic heterocycles. The first-order chi connectivity index (χ1) is 12.5. The van der Waals surface area contributed by atoms with Gasteiger partial charge in [0, 0.05) is 17.2 Å². The molecule has 0 radical (unpaired) electrons. The van der Waals surface area contributed by atoms with Gasteiger partial charge in [-0.05, 0) is 24.3 Å². The van der Waals surface area contributed by atoms with Gasteiger partial charge in [0.25, 0.3) is 0 Å². The molecular weight excluding hydrogens is 337 g/mol. The van der Waals surface area contributed by atoms with Crippen LogP contribution in [-0.2, 0) is 0 Å². The van der Waals surface area contributed by atoms with E-state index in [1.54, 1.807) is 12.1 Å². The number of carbonyl (C=O) groups excluding carboxylic acids is 2. The number of fused-ring (bicyclic) bond motifs is 2. The minimum atomic E-state index is -0.479. The average molecular weight is 349 g/mol. The zero-order valence-corrected chi connectivity index (χ0v) is 13.3. The van der Waals surface area contributed by atoms with Crippen LogP contribution in [0.2, 0.25) is 0 Å². The summed E-state index contributed by atoms with van der Waals surface area (Å²) in [6.45, 7) is 0. The first kappa shape index (κ1) is 15.8. The molecule has 0 atom stereocenters. The molecule has 5 nitrogen and oxygen atoms in total. The van der Waals surface area contributed by atoms with Crippen molar-refractivity contribution in [1.82, 2.24) is 0 Å². The van der Waals surface area contributed by atoms with Gasteiger partial charge < -0.3 is 15.6 Å². The van der Waals surface area contributed by atoms with Gasteiger partial charge in [0.05, 0.1) is 16.8 Å². The van der Waals surface area contributed by atoms with Crippen molar-refractivity contribution < 1.29 is 23.8 Å². The molecule has 0 bridgehead atoms. The van der Waals surface area contributed by atoms with Gasteiger partial charge in [-0.3, -0.25) is 9.59 Å². The van der Waals surface area contributed by atoms with E-state index in [2.05, 4.69) is 0 Å². The van der Waals surface area contributed by atoms with E-state index in [1.165, 1.54) is 42.5 Å². The van der Waals surface area contributed by atoms with Crippen molar-refractivity contribution in [2.75, 3.05) is 5.73 Å². The smallest absolute Gasteiger partial charge is 0.198 e. The molecule has 0 aromatic heterocycles. The lowest BCUT2D eigenvalue weighted by atomic mass is 9.82. The Morgan fingerprint density at radius 1 is 0.885 bits per heavy atom. The zero-order valence-electron chi connectivity index (χ0n) is 13.3. The Bertz CT molecular complexity index is 1070. The third-order valence-corrected chi connectivity index (χ3v) is 4.22. The summed E-state index contributed by atoms with van der Waals surface area (Å²) in [5.74, 6) is -1.50.